The second kappa shape index (κ2) is 8.67. The summed E-state index contributed by atoms with van der Waals surface area (Å²) in [4.78, 5) is 17.5. The zero-order chi connectivity index (χ0) is 21.1. The lowest BCUT2D eigenvalue weighted by atomic mass is 10.1. The van der Waals surface area contributed by atoms with Crippen LogP contribution in [0.1, 0.15) is 28.7 Å². The molecule has 1 fully saturated rings. The number of carbonyl (C=O) groups excluding carboxylic acids is 1. The van der Waals surface area contributed by atoms with Gasteiger partial charge >= 0.3 is 0 Å². The topological polar surface area (TPSA) is 63.5 Å². The SMILES string of the molecule is COc1cccc(-n2nnc(C(=O)N3CCN(Cc4ccccc4)CC3C)c2C)c1. The van der Waals surface area contributed by atoms with Crippen LogP contribution in [0.3, 0.4) is 0 Å². The van der Waals surface area contributed by atoms with E-state index in [4.69, 9.17) is 4.74 Å². The Morgan fingerprint density at radius 1 is 1.13 bits per heavy atom. The molecule has 156 valence electrons. The number of aromatic nitrogens is 3. The second-order valence-electron chi connectivity index (χ2n) is 7.71. The Bertz CT molecular complexity index is 1020. The Morgan fingerprint density at radius 2 is 1.93 bits per heavy atom. The first kappa shape index (κ1) is 20.1. The monoisotopic (exact) mass is 405 g/mol. The van der Waals surface area contributed by atoms with Crippen LogP contribution in [0.4, 0.5) is 0 Å². The largest absolute Gasteiger partial charge is 0.497 e. The number of rotatable bonds is 5. The van der Waals surface area contributed by atoms with Crippen molar-refractivity contribution in [3.8, 4) is 11.4 Å². The van der Waals surface area contributed by atoms with E-state index in [1.165, 1.54) is 5.56 Å². The smallest absolute Gasteiger partial charge is 0.276 e. The highest BCUT2D eigenvalue weighted by molar-refractivity contribution is 5.93. The summed E-state index contributed by atoms with van der Waals surface area (Å²) in [5.74, 6) is 0.673. The van der Waals surface area contributed by atoms with Gasteiger partial charge in [-0.05, 0) is 31.5 Å². The van der Waals surface area contributed by atoms with E-state index < -0.39 is 0 Å². The van der Waals surface area contributed by atoms with Gasteiger partial charge in [-0.2, -0.15) is 0 Å². The summed E-state index contributed by atoms with van der Waals surface area (Å²) in [6.45, 7) is 7.23. The van der Waals surface area contributed by atoms with Crippen LogP contribution in [0.2, 0.25) is 0 Å². The van der Waals surface area contributed by atoms with E-state index in [2.05, 4.69) is 46.4 Å². The van der Waals surface area contributed by atoms with Gasteiger partial charge in [-0.1, -0.05) is 41.6 Å². The summed E-state index contributed by atoms with van der Waals surface area (Å²) >= 11 is 0. The molecule has 2 heterocycles. The van der Waals surface area contributed by atoms with Crippen LogP contribution in [0.25, 0.3) is 5.69 Å². The van der Waals surface area contributed by atoms with Crippen molar-refractivity contribution < 1.29 is 9.53 Å². The van der Waals surface area contributed by atoms with E-state index in [-0.39, 0.29) is 11.9 Å². The first-order chi connectivity index (χ1) is 14.6. The maximum absolute atomic E-state index is 13.2. The molecule has 0 N–H and O–H groups in total. The lowest BCUT2D eigenvalue weighted by Crippen LogP contribution is -2.53. The van der Waals surface area contributed by atoms with Crippen molar-refractivity contribution in [2.75, 3.05) is 26.7 Å². The number of ether oxygens (including phenoxy) is 1. The third-order valence-corrected chi connectivity index (χ3v) is 5.62. The molecule has 0 spiro atoms. The number of hydrogen-bond donors (Lipinski definition) is 0. The van der Waals surface area contributed by atoms with Gasteiger partial charge in [0.2, 0.25) is 0 Å². The molecule has 0 radical (unpaired) electrons. The molecule has 0 aliphatic carbocycles. The molecule has 0 bridgehead atoms. The summed E-state index contributed by atoms with van der Waals surface area (Å²) in [6, 6.07) is 18.1. The average Bonchev–Trinajstić information content (AvgIpc) is 3.15. The van der Waals surface area contributed by atoms with Gasteiger partial charge in [-0.3, -0.25) is 9.69 Å². The van der Waals surface area contributed by atoms with Crippen molar-refractivity contribution in [3.05, 3.63) is 71.5 Å². The molecule has 1 saturated heterocycles. The molecule has 1 aliphatic rings. The molecule has 2 aromatic carbocycles. The van der Waals surface area contributed by atoms with Crippen molar-refractivity contribution in [2.45, 2.75) is 26.4 Å². The predicted octanol–water partition coefficient (Wildman–Crippen LogP) is 2.93. The lowest BCUT2D eigenvalue weighted by molar-refractivity contribution is 0.0469. The summed E-state index contributed by atoms with van der Waals surface area (Å²) in [5, 5.41) is 8.44. The van der Waals surface area contributed by atoms with Crippen molar-refractivity contribution in [1.82, 2.24) is 24.8 Å². The minimum Gasteiger partial charge on any atom is -0.497 e. The van der Waals surface area contributed by atoms with Gasteiger partial charge in [-0.15, -0.1) is 5.10 Å². The fraction of sp³-hybridized carbons (Fsp3) is 0.348. The summed E-state index contributed by atoms with van der Waals surface area (Å²) in [5.41, 5.74) is 3.24. The molecule has 1 amide bonds. The van der Waals surface area contributed by atoms with Gasteiger partial charge in [0.15, 0.2) is 5.69 Å². The highest BCUT2D eigenvalue weighted by Crippen LogP contribution is 2.20. The quantitative estimate of drug-likeness (QED) is 0.653. The van der Waals surface area contributed by atoms with E-state index in [0.29, 0.717) is 12.2 Å². The van der Waals surface area contributed by atoms with Crippen LogP contribution < -0.4 is 4.74 Å². The number of nitrogens with zero attached hydrogens (tertiary/aromatic N) is 5. The second-order valence-corrected chi connectivity index (χ2v) is 7.71. The maximum Gasteiger partial charge on any atom is 0.276 e. The van der Waals surface area contributed by atoms with Crippen molar-refractivity contribution in [1.29, 1.82) is 0 Å². The van der Waals surface area contributed by atoms with Crippen LogP contribution in [0.15, 0.2) is 54.6 Å². The third kappa shape index (κ3) is 4.07. The third-order valence-electron chi connectivity index (χ3n) is 5.62. The predicted molar refractivity (Wildman–Crippen MR) is 115 cm³/mol. The van der Waals surface area contributed by atoms with Crippen molar-refractivity contribution in [2.24, 2.45) is 0 Å². The zero-order valence-corrected chi connectivity index (χ0v) is 17.7. The summed E-state index contributed by atoms with van der Waals surface area (Å²) < 4.78 is 6.98. The first-order valence-corrected chi connectivity index (χ1v) is 10.2. The van der Waals surface area contributed by atoms with Gasteiger partial charge in [-0.25, -0.2) is 4.68 Å². The standard InChI is InChI=1S/C23H27N5O2/c1-17-15-26(16-19-8-5-4-6-9-19)12-13-27(17)23(29)22-18(2)28(25-24-22)20-10-7-11-21(14-20)30-3/h4-11,14,17H,12-13,15-16H2,1-3H3. The average molecular weight is 406 g/mol. The highest BCUT2D eigenvalue weighted by atomic mass is 16.5. The number of amides is 1. The van der Waals surface area contributed by atoms with Crippen molar-refractivity contribution >= 4 is 5.91 Å². The van der Waals surface area contributed by atoms with Gasteiger partial charge < -0.3 is 9.64 Å². The Hall–Kier alpha value is -3.19. The normalized spacial score (nSPS) is 17.2. The molecule has 7 nitrogen and oxygen atoms in total. The van der Waals surface area contributed by atoms with E-state index in [9.17, 15) is 4.79 Å². The number of benzene rings is 2. The van der Waals surface area contributed by atoms with Gasteiger partial charge in [0.1, 0.15) is 5.75 Å². The molecule has 1 atom stereocenters. The number of hydrogen-bond acceptors (Lipinski definition) is 5. The van der Waals surface area contributed by atoms with Crippen LogP contribution in [-0.2, 0) is 6.54 Å². The highest BCUT2D eigenvalue weighted by Gasteiger charge is 2.31. The molecule has 30 heavy (non-hydrogen) atoms. The van der Waals surface area contributed by atoms with Crippen LogP contribution in [0, 0.1) is 6.92 Å². The summed E-state index contributed by atoms with van der Waals surface area (Å²) in [6.07, 6.45) is 0. The minimum atomic E-state index is -0.0616. The van der Waals surface area contributed by atoms with Crippen LogP contribution in [-0.4, -0.2) is 63.5 Å². The zero-order valence-electron chi connectivity index (χ0n) is 17.7. The molecular formula is C23H27N5O2. The number of piperazine rings is 1. The summed E-state index contributed by atoms with van der Waals surface area (Å²) in [7, 11) is 1.63. The lowest BCUT2D eigenvalue weighted by Gasteiger charge is -2.39. The number of carbonyl (C=O) groups is 1. The molecule has 1 unspecified atom stereocenters. The Balaban J connectivity index is 1.47. The molecule has 1 aliphatic heterocycles. The molecule has 7 heteroatoms. The van der Waals surface area contributed by atoms with Crippen LogP contribution in [0.5, 0.6) is 5.75 Å². The van der Waals surface area contributed by atoms with Gasteiger partial charge in [0, 0.05) is 38.3 Å². The van der Waals surface area contributed by atoms with Crippen LogP contribution >= 0.6 is 0 Å². The van der Waals surface area contributed by atoms with Gasteiger partial charge in [0.05, 0.1) is 18.5 Å². The Kier molecular flexibility index (Phi) is 5.81. The fourth-order valence-electron chi connectivity index (χ4n) is 3.97. The maximum atomic E-state index is 13.2. The fourth-order valence-corrected chi connectivity index (χ4v) is 3.97. The molecule has 4 rings (SSSR count). The minimum absolute atomic E-state index is 0.0616. The first-order valence-electron chi connectivity index (χ1n) is 10.2. The molecule has 3 aromatic rings. The molecule has 1 aromatic heterocycles. The number of methoxy groups -OCH3 is 1. The van der Waals surface area contributed by atoms with Crippen molar-refractivity contribution in [3.63, 3.8) is 0 Å². The van der Waals surface area contributed by atoms with E-state index in [0.717, 1.165) is 36.8 Å². The molecule has 0 saturated carbocycles. The van der Waals surface area contributed by atoms with E-state index in [1.807, 2.05) is 42.2 Å². The molecular weight excluding hydrogens is 378 g/mol. The van der Waals surface area contributed by atoms with E-state index in [1.54, 1.807) is 11.8 Å². The van der Waals surface area contributed by atoms with E-state index >= 15 is 0 Å². The Morgan fingerprint density at radius 3 is 2.67 bits per heavy atom. The Labute approximate surface area is 176 Å². The van der Waals surface area contributed by atoms with Gasteiger partial charge in [0.25, 0.3) is 5.91 Å².